The van der Waals surface area contributed by atoms with Gasteiger partial charge in [0, 0.05) is 22.6 Å². The quantitative estimate of drug-likeness (QED) is 0.909. The lowest BCUT2D eigenvalue weighted by Crippen LogP contribution is -2.38. The molecule has 0 fully saturated rings. The smallest absolute Gasteiger partial charge is 0.102 e. The summed E-state index contributed by atoms with van der Waals surface area (Å²) >= 11 is 3.49. The minimum atomic E-state index is -0.678. The molecule has 2 N–H and O–H groups in total. The molecule has 19 heavy (non-hydrogen) atoms. The minimum absolute atomic E-state index is 0.0755. The molecule has 0 aliphatic carbocycles. The molecule has 100 valence electrons. The van der Waals surface area contributed by atoms with Crippen molar-refractivity contribution >= 4 is 21.6 Å². The summed E-state index contributed by atoms with van der Waals surface area (Å²) in [6, 6.07) is 7.78. The van der Waals surface area contributed by atoms with Gasteiger partial charge in [-0.2, -0.15) is 0 Å². The number of benzene rings is 1. The molecule has 0 aliphatic rings. The highest BCUT2D eigenvalue weighted by Crippen LogP contribution is 2.30. The lowest BCUT2D eigenvalue weighted by molar-refractivity contribution is 0.220. The van der Waals surface area contributed by atoms with Gasteiger partial charge in [0.1, 0.15) is 5.54 Å². The SMILES string of the molecule is Cc1nccnc1C(C)(CO)Nc1ccccc1Br. The summed E-state index contributed by atoms with van der Waals surface area (Å²) in [7, 11) is 0. The fourth-order valence-corrected chi connectivity index (χ4v) is 2.37. The Hall–Kier alpha value is -1.46. The highest BCUT2D eigenvalue weighted by Gasteiger charge is 2.29. The van der Waals surface area contributed by atoms with Crippen LogP contribution in [0, 0.1) is 6.92 Å². The van der Waals surface area contributed by atoms with Crippen molar-refractivity contribution in [2.75, 3.05) is 11.9 Å². The number of aliphatic hydroxyl groups is 1. The Morgan fingerprint density at radius 1 is 1.26 bits per heavy atom. The number of para-hydroxylation sites is 1. The Morgan fingerprint density at radius 3 is 2.58 bits per heavy atom. The molecule has 1 aromatic heterocycles. The summed E-state index contributed by atoms with van der Waals surface area (Å²) in [5, 5.41) is 13.1. The van der Waals surface area contributed by atoms with E-state index < -0.39 is 5.54 Å². The van der Waals surface area contributed by atoms with E-state index in [0.29, 0.717) is 0 Å². The second-order valence-corrected chi connectivity index (χ2v) is 5.44. The van der Waals surface area contributed by atoms with E-state index >= 15 is 0 Å². The average molecular weight is 322 g/mol. The molecule has 1 atom stereocenters. The first-order valence-electron chi connectivity index (χ1n) is 5.98. The first-order chi connectivity index (χ1) is 9.07. The largest absolute Gasteiger partial charge is 0.394 e. The number of nitrogens with zero attached hydrogens (tertiary/aromatic N) is 2. The number of hydrogen-bond donors (Lipinski definition) is 2. The molecule has 0 amide bonds. The van der Waals surface area contributed by atoms with Crippen LogP contribution in [-0.4, -0.2) is 21.7 Å². The third-order valence-corrected chi connectivity index (χ3v) is 3.70. The van der Waals surface area contributed by atoms with Crippen LogP contribution in [0.4, 0.5) is 5.69 Å². The molecule has 0 radical (unpaired) electrons. The topological polar surface area (TPSA) is 58.0 Å². The van der Waals surface area contributed by atoms with E-state index in [1.165, 1.54) is 0 Å². The summed E-state index contributed by atoms with van der Waals surface area (Å²) in [6.07, 6.45) is 3.28. The molecule has 4 nitrogen and oxygen atoms in total. The number of aliphatic hydroxyl groups excluding tert-OH is 1. The molecule has 1 aromatic carbocycles. The van der Waals surface area contributed by atoms with E-state index in [0.717, 1.165) is 21.5 Å². The third kappa shape index (κ3) is 2.93. The number of nitrogens with one attached hydrogen (secondary N) is 1. The lowest BCUT2D eigenvalue weighted by atomic mass is 9.96. The Kier molecular flexibility index (Phi) is 4.17. The van der Waals surface area contributed by atoms with Crippen LogP contribution in [0.25, 0.3) is 0 Å². The Balaban J connectivity index is 2.39. The molecule has 2 rings (SSSR count). The van der Waals surface area contributed by atoms with Crippen molar-refractivity contribution in [3.8, 4) is 0 Å². The normalized spacial score (nSPS) is 13.9. The molecule has 5 heteroatoms. The standard InChI is InChI=1S/C14H16BrN3O/c1-10-13(17-8-7-16-10)14(2,9-19)18-12-6-4-3-5-11(12)15/h3-8,18-19H,9H2,1-2H3. The van der Waals surface area contributed by atoms with Gasteiger partial charge in [-0.1, -0.05) is 12.1 Å². The van der Waals surface area contributed by atoms with Crippen molar-refractivity contribution < 1.29 is 5.11 Å². The third-order valence-electron chi connectivity index (χ3n) is 3.00. The van der Waals surface area contributed by atoms with Crippen molar-refractivity contribution in [2.45, 2.75) is 19.4 Å². The Bertz CT molecular complexity index is 576. The van der Waals surface area contributed by atoms with Crippen LogP contribution >= 0.6 is 15.9 Å². The number of anilines is 1. The first-order valence-corrected chi connectivity index (χ1v) is 6.78. The Morgan fingerprint density at radius 2 is 1.95 bits per heavy atom. The zero-order valence-corrected chi connectivity index (χ0v) is 12.5. The predicted molar refractivity (Wildman–Crippen MR) is 79.0 cm³/mol. The maximum absolute atomic E-state index is 9.77. The molecule has 0 aliphatic heterocycles. The second-order valence-electron chi connectivity index (χ2n) is 4.59. The zero-order valence-electron chi connectivity index (χ0n) is 10.9. The van der Waals surface area contributed by atoms with Crippen LogP contribution in [0.5, 0.6) is 0 Å². The van der Waals surface area contributed by atoms with Crippen LogP contribution in [0.3, 0.4) is 0 Å². The highest BCUT2D eigenvalue weighted by molar-refractivity contribution is 9.10. The average Bonchev–Trinajstić information content (AvgIpc) is 2.42. The molecular weight excluding hydrogens is 306 g/mol. The second kappa shape index (κ2) is 5.67. The Labute approximate surface area is 121 Å². The van der Waals surface area contributed by atoms with Crippen molar-refractivity contribution in [1.29, 1.82) is 0 Å². The van der Waals surface area contributed by atoms with Gasteiger partial charge in [0.15, 0.2) is 0 Å². The number of hydrogen-bond acceptors (Lipinski definition) is 4. The maximum Gasteiger partial charge on any atom is 0.102 e. The van der Waals surface area contributed by atoms with Gasteiger partial charge in [-0.3, -0.25) is 9.97 Å². The number of aromatic nitrogens is 2. The molecule has 1 heterocycles. The number of halogens is 1. The van der Waals surface area contributed by atoms with Gasteiger partial charge in [-0.15, -0.1) is 0 Å². The van der Waals surface area contributed by atoms with E-state index in [1.54, 1.807) is 12.4 Å². The molecule has 0 spiro atoms. The maximum atomic E-state index is 9.77. The van der Waals surface area contributed by atoms with Crippen LogP contribution < -0.4 is 5.32 Å². The van der Waals surface area contributed by atoms with Gasteiger partial charge in [-0.25, -0.2) is 0 Å². The fourth-order valence-electron chi connectivity index (χ4n) is 1.98. The summed E-state index contributed by atoms with van der Waals surface area (Å²) in [5.74, 6) is 0. The van der Waals surface area contributed by atoms with Gasteiger partial charge in [0.2, 0.25) is 0 Å². The van der Waals surface area contributed by atoms with E-state index in [-0.39, 0.29) is 6.61 Å². The van der Waals surface area contributed by atoms with Gasteiger partial charge in [0.25, 0.3) is 0 Å². The lowest BCUT2D eigenvalue weighted by Gasteiger charge is -2.30. The van der Waals surface area contributed by atoms with Crippen LogP contribution in [-0.2, 0) is 5.54 Å². The van der Waals surface area contributed by atoms with Crippen LogP contribution in [0.15, 0.2) is 41.1 Å². The molecule has 0 saturated heterocycles. The highest BCUT2D eigenvalue weighted by atomic mass is 79.9. The molecule has 1 unspecified atom stereocenters. The molecule has 0 bridgehead atoms. The fraction of sp³-hybridized carbons (Fsp3) is 0.286. The number of rotatable bonds is 4. The van der Waals surface area contributed by atoms with Crippen molar-refractivity contribution in [3.05, 3.63) is 52.5 Å². The summed E-state index contributed by atoms with van der Waals surface area (Å²) in [6.45, 7) is 3.72. The molecule has 0 saturated carbocycles. The first kappa shape index (κ1) is 14.0. The van der Waals surface area contributed by atoms with Crippen LogP contribution in [0.2, 0.25) is 0 Å². The van der Waals surface area contributed by atoms with Crippen molar-refractivity contribution in [1.82, 2.24) is 9.97 Å². The van der Waals surface area contributed by atoms with Gasteiger partial charge in [-0.05, 0) is 41.9 Å². The van der Waals surface area contributed by atoms with Crippen molar-refractivity contribution in [2.24, 2.45) is 0 Å². The van der Waals surface area contributed by atoms with E-state index in [9.17, 15) is 5.11 Å². The minimum Gasteiger partial charge on any atom is -0.394 e. The summed E-state index contributed by atoms with van der Waals surface area (Å²) in [4.78, 5) is 8.58. The summed E-state index contributed by atoms with van der Waals surface area (Å²) < 4.78 is 0.941. The van der Waals surface area contributed by atoms with E-state index in [2.05, 4.69) is 31.2 Å². The van der Waals surface area contributed by atoms with E-state index in [1.807, 2.05) is 38.1 Å². The predicted octanol–water partition coefficient (Wildman–Crippen LogP) is 2.87. The van der Waals surface area contributed by atoms with E-state index in [4.69, 9.17) is 0 Å². The van der Waals surface area contributed by atoms with Gasteiger partial charge < -0.3 is 10.4 Å². The number of aryl methyl sites for hydroxylation is 1. The van der Waals surface area contributed by atoms with Crippen LogP contribution in [0.1, 0.15) is 18.3 Å². The van der Waals surface area contributed by atoms with Gasteiger partial charge >= 0.3 is 0 Å². The monoisotopic (exact) mass is 321 g/mol. The zero-order chi connectivity index (χ0) is 13.9. The summed E-state index contributed by atoms with van der Waals surface area (Å²) in [5.41, 5.74) is 1.78. The molecular formula is C14H16BrN3O. The van der Waals surface area contributed by atoms with Gasteiger partial charge in [0.05, 0.1) is 18.0 Å². The molecule has 2 aromatic rings. The van der Waals surface area contributed by atoms with Crippen molar-refractivity contribution in [3.63, 3.8) is 0 Å².